The summed E-state index contributed by atoms with van der Waals surface area (Å²) in [5, 5.41) is 9.12. The van der Waals surface area contributed by atoms with Crippen molar-refractivity contribution in [1.82, 2.24) is 4.90 Å². The van der Waals surface area contributed by atoms with E-state index in [-0.39, 0.29) is 12.0 Å². The summed E-state index contributed by atoms with van der Waals surface area (Å²) in [6, 6.07) is 17.2. The summed E-state index contributed by atoms with van der Waals surface area (Å²) in [6.45, 7) is 1.84. The number of rotatable bonds is 6. The Balaban J connectivity index is 1.81. The minimum absolute atomic E-state index is 0.0701. The Labute approximate surface area is 160 Å². The Morgan fingerprint density at radius 3 is 2.63 bits per heavy atom. The van der Waals surface area contributed by atoms with Gasteiger partial charge in [0.2, 0.25) is 0 Å². The molecule has 2 aromatic rings. The zero-order valence-electron chi connectivity index (χ0n) is 15.9. The molecule has 1 heterocycles. The van der Waals surface area contributed by atoms with E-state index in [1.807, 2.05) is 23.9 Å². The van der Waals surface area contributed by atoms with Crippen molar-refractivity contribution in [1.29, 1.82) is 5.26 Å². The van der Waals surface area contributed by atoms with E-state index in [0.29, 0.717) is 24.2 Å². The maximum absolute atomic E-state index is 13.1. The molecule has 0 spiro atoms. The van der Waals surface area contributed by atoms with Crippen molar-refractivity contribution in [3.63, 3.8) is 0 Å². The first kappa shape index (κ1) is 18.9. The van der Waals surface area contributed by atoms with Gasteiger partial charge < -0.3 is 14.5 Å². The van der Waals surface area contributed by atoms with Gasteiger partial charge in [-0.05, 0) is 48.7 Å². The first-order valence-corrected chi connectivity index (χ1v) is 9.24. The SMILES string of the molecule is CN(C)c1ccc(CN(CC2CCCO2)C(=O)c2cccc(C#N)c2)cc1. The molecule has 27 heavy (non-hydrogen) atoms. The average Bonchev–Trinajstić information content (AvgIpc) is 3.20. The van der Waals surface area contributed by atoms with Gasteiger partial charge in [-0.15, -0.1) is 0 Å². The van der Waals surface area contributed by atoms with Crippen LogP contribution in [0.1, 0.15) is 34.3 Å². The quantitative estimate of drug-likeness (QED) is 0.789. The van der Waals surface area contributed by atoms with Crippen molar-refractivity contribution in [2.24, 2.45) is 0 Å². The molecular formula is C22H25N3O2. The minimum atomic E-state index is -0.0701. The average molecular weight is 363 g/mol. The fourth-order valence-electron chi connectivity index (χ4n) is 3.28. The molecule has 0 aromatic heterocycles. The number of carbonyl (C=O) groups excluding carboxylic acids is 1. The largest absolute Gasteiger partial charge is 0.378 e. The van der Waals surface area contributed by atoms with Gasteiger partial charge in [-0.1, -0.05) is 18.2 Å². The lowest BCUT2D eigenvalue weighted by atomic mass is 10.1. The third kappa shape index (κ3) is 4.87. The molecule has 1 aliphatic rings. The molecular weight excluding hydrogens is 338 g/mol. The summed E-state index contributed by atoms with van der Waals surface area (Å²) in [4.78, 5) is 17.0. The normalized spacial score (nSPS) is 16.0. The molecule has 1 unspecified atom stereocenters. The second kappa shape index (κ2) is 8.70. The second-order valence-corrected chi connectivity index (χ2v) is 7.07. The van der Waals surface area contributed by atoms with Crippen LogP contribution < -0.4 is 4.90 Å². The Morgan fingerprint density at radius 2 is 2.00 bits per heavy atom. The predicted octanol–water partition coefficient (Wildman–Crippen LogP) is 3.45. The fraction of sp³-hybridized carbons (Fsp3) is 0.364. The molecule has 140 valence electrons. The Hall–Kier alpha value is -2.84. The zero-order valence-corrected chi connectivity index (χ0v) is 15.9. The number of carbonyl (C=O) groups is 1. The first-order chi connectivity index (χ1) is 13.1. The van der Waals surface area contributed by atoms with Crippen molar-refractivity contribution in [3.05, 3.63) is 65.2 Å². The zero-order chi connectivity index (χ0) is 19.2. The van der Waals surface area contributed by atoms with Gasteiger partial charge in [0.05, 0.1) is 17.7 Å². The molecule has 5 heteroatoms. The highest BCUT2D eigenvalue weighted by atomic mass is 16.5. The number of anilines is 1. The number of nitrogens with zero attached hydrogens (tertiary/aromatic N) is 3. The van der Waals surface area contributed by atoms with Crippen molar-refractivity contribution < 1.29 is 9.53 Å². The van der Waals surface area contributed by atoms with Crippen LogP contribution in [-0.2, 0) is 11.3 Å². The van der Waals surface area contributed by atoms with Crippen LogP contribution in [0.4, 0.5) is 5.69 Å². The lowest BCUT2D eigenvalue weighted by molar-refractivity contribution is 0.0507. The van der Waals surface area contributed by atoms with Gasteiger partial charge >= 0.3 is 0 Å². The van der Waals surface area contributed by atoms with Gasteiger partial charge in [-0.2, -0.15) is 5.26 Å². The third-order valence-electron chi connectivity index (χ3n) is 4.80. The number of amides is 1. The van der Waals surface area contributed by atoms with E-state index in [1.54, 1.807) is 24.3 Å². The summed E-state index contributed by atoms with van der Waals surface area (Å²) in [6.07, 6.45) is 2.09. The van der Waals surface area contributed by atoms with E-state index in [1.165, 1.54) is 0 Å². The number of hydrogen-bond donors (Lipinski definition) is 0. The fourth-order valence-corrected chi connectivity index (χ4v) is 3.28. The Morgan fingerprint density at radius 1 is 1.22 bits per heavy atom. The second-order valence-electron chi connectivity index (χ2n) is 7.07. The van der Waals surface area contributed by atoms with E-state index in [2.05, 4.69) is 30.3 Å². The van der Waals surface area contributed by atoms with E-state index < -0.39 is 0 Å². The molecule has 1 amide bonds. The van der Waals surface area contributed by atoms with E-state index >= 15 is 0 Å². The molecule has 0 radical (unpaired) electrons. The predicted molar refractivity (Wildman–Crippen MR) is 106 cm³/mol. The Bertz CT molecular complexity index is 818. The van der Waals surface area contributed by atoms with Crippen LogP contribution in [0, 0.1) is 11.3 Å². The highest BCUT2D eigenvalue weighted by Gasteiger charge is 2.24. The van der Waals surface area contributed by atoms with Crippen LogP contribution in [-0.4, -0.2) is 44.2 Å². The van der Waals surface area contributed by atoms with E-state index in [9.17, 15) is 4.79 Å². The number of benzene rings is 2. The summed E-state index contributed by atoms with van der Waals surface area (Å²) in [5.41, 5.74) is 3.23. The molecule has 1 atom stereocenters. The van der Waals surface area contributed by atoms with Crippen LogP contribution >= 0.6 is 0 Å². The minimum Gasteiger partial charge on any atom is -0.378 e. The van der Waals surface area contributed by atoms with Crippen LogP contribution in [0.5, 0.6) is 0 Å². The standard InChI is InChI=1S/C22H25N3O2/c1-24(2)20-10-8-17(9-11-20)15-25(16-21-7-4-12-27-21)22(26)19-6-3-5-18(13-19)14-23/h3,5-6,8-11,13,21H,4,7,12,15-16H2,1-2H3. The maximum Gasteiger partial charge on any atom is 0.254 e. The van der Waals surface area contributed by atoms with Crippen molar-refractivity contribution >= 4 is 11.6 Å². The summed E-state index contributed by atoms with van der Waals surface area (Å²) >= 11 is 0. The van der Waals surface area contributed by atoms with Crippen LogP contribution in [0.15, 0.2) is 48.5 Å². The van der Waals surface area contributed by atoms with E-state index in [4.69, 9.17) is 10.00 Å². The van der Waals surface area contributed by atoms with Gasteiger partial charge in [0.15, 0.2) is 0 Å². The molecule has 5 nitrogen and oxygen atoms in total. The molecule has 3 rings (SSSR count). The number of hydrogen-bond acceptors (Lipinski definition) is 4. The summed E-state index contributed by atoms with van der Waals surface area (Å²) < 4.78 is 5.75. The summed E-state index contributed by atoms with van der Waals surface area (Å²) in [5.74, 6) is -0.0701. The Kier molecular flexibility index (Phi) is 6.10. The molecule has 1 fully saturated rings. The van der Waals surface area contributed by atoms with Gasteiger partial charge in [0, 0.05) is 45.0 Å². The van der Waals surface area contributed by atoms with Crippen molar-refractivity contribution in [2.45, 2.75) is 25.5 Å². The highest BCUT2D eigenvalue weighted by Crippen LogP contribution is 2.19. The lowest BCUT2D eigenvalue weighted by Crippen LogP contribution is -2.37. The lowest BCUT2D eigenvalue weighted by Gasteiger charge is -2.26. The van der Waals surface area contributed by atoms with Gasteiger partial charge in [-0.3, -0.25) is 4.79 Å². The number of ether oxygens (including phenoxy) is 1. The van der Waals surface area contributed by atoms with Crippen LogP contribution in [0.25, 0.3) is 0 Å². The van der Waals surface area contributed by atoms with Gasteiger partial charge in [0.1, 0.15) is 0 Å². The molecule has 1 saturated heterocycles. The summed E-state index contributed by atoms with van der Waals surface area (Å²) in [7, 11) is 4.01. The molecule has 0 saturated carbocycles. The molecule has 0 aliphatic carbocycles. The highest BCUT2D eigenvalue weighted by molar-refractivity contribution is 5.94. The van der Waals surface area contributed by atoms with Crippen molar-refractivity contribution in [3.8, 4) is 6.07 Å². The smallest absolute Gasteiger partial charge is 0.254 e. The number of nitriles is 1. The van der Waals surface area contributed by atoms with Crippen LogP contribution in [0.2, 0.25) is 0 Å². The third-order valence-corrected chi connectivity index (χ3v) is 4.80. The van der Waals surface area contributed by atoms with E-state index in [0.717, 1.165) is 30.7 Å². The van der Waals surface area contributed by atoms with Crippen LogP contribution in [0.3, 0.4) is 0 Å². The molecule has 1 aliphatic heterocycles. The maximum atomic E-state index is 13.1. The van der Waals surface area contributed by atoms with Crippen molar-refractivity contribution in [2.75, 3.05) is 32.1 Å². The topological polar surface area (TPSA) is 56.6 Å². The monoisotopic (exact) mass is 363 g/mol. The molecule has 0 N–H and O–H groups in total. The first-order valence-electron chi connectivity index (χ1n) is 9.24. The molecule has 2 aromatic carbocycles. The van der Waals surface area contributed by atoms with Gasteiger partial charge in [0.25, 0.3) is 5.91 Å². The molecule has 0 bridgehead atoms. The van der Waals surface area contributed by atoms with Gasteiger partial charge in [-0.25, -0.2) is 0 Å².